The van der Waals surface area contributed by atoms with E-state index in [0.29, 0.717) is 24.5 Å². The van der Waals surface area contributed by atoms with Crippen LogP contribution in [0.2, 0.25) is 0 Å². The van der Waals surface area contributed by atoms with Crippen molar-refractivity contribution in [1.82, 2.24) is 5.32 Å². The van der Waals surface area contributed by atoms with Crippen molar-refractivity contribution >= 4 is 17.5 Å². The Labute approximate surface area is 172 Å². The van der Waals surface area contributed by atoms with E-state index in [2.05, 4.69) is 31.4 Å². The molecule has 0 fully saturated rings. The molecule has 0 aliphatic rings. The van der Waals surface area contributed by atoms with Crippen molar-refractivity contribution in [2.75, 3.05) is 26.1 Å². The Hall–Kier alpha value is -3.02. The Morgan fingerprint density at radius 1 is 0.931 bits per heavy atom. The Balaban J connectivity index is 1.85. The summed E-state index contributed by atoms with van der Waals surface area (Å²) < 4.78 is 10.5. The first-order valence-electron chi connectivity index (χ1n) is 9.61. The average molecular weight is 399 g/mol. The van der Waals surface area contributed by atoms with Gasteiger partial charge in [-0.05, 0) is 41.2 Å². The van der Waals surface area contributed by atoms with Crippen LogP contribution in [0.1, 0.15) is 38.3 Å². The topological polar surface area (TPSA) is 76.7 Å². The standard InChI is InChI=1S/C23H30N2O4/c1-23(2,3)17-8-6-7-9-18(17)25-22(27)15-21(26)24-13-12-16-10-11-19(28-4)20(14-16)29-5/h6-11,14H,12-13,15H2,1-5H3,(H,24,26)(H,25,27). The van der Waals surface area contributed by atoms with E-state index in [1.165, 1.54) is 0 Å². The van der Waals surface area contributed by atoms with Gasteiger partial charge in [-0.3, -0.25) is 9.59 Å². The van der Waals surface area contributed by atoms with Gasteiger partial charge >= 0.3 is 0 Å². The molecule has 2 N–H and O–H groups in total. The Bertz CT molecular complexity index is 856. The molecule has 6 heteroatoms. The SMILES string of the molecule is COc1ccc(CCNC(=O)CC(=O)Nc2ccccc2C(C)(C)C)cc1OC. The number of hydrogen-bond acceptors (Lipinski definition) is 4. The van der Waals surface area contributed by atoms with Gasteiger partial charge in [-0.2, -0.15) is 0 Å². The maximum Gasteiger partial charge on any atom is 0.233 e. The highest BCUT2D eigenvalue weighted by molar-refractivity contribution is 6.03. The van der Waals surface area contributed by atoms with E-state index < -0.39 is 0 Å². The van der Waals surface area contributed by atoms with Gasteiger partial charge in [-0.15, -0.1) is 0 Å². The molecule has 2 aromatic carbocycles. The second-order valence-electron chi connectivity index (χ2n) is 7.81. The van der Waals surface area contributed by atoms with Crippen molar-refractivity contribution in [2.45, 2.75) is 39.0 Å². The minimum Gasteiger partial charge on any atom is -0.493 e. The summed E-state index contributed by atoms with van der Waals surface area (Å²) in [6, 6.07) is 13.3. The third-order valence-electron chi connectivity index (χ3n) is 4.51. The lowest BCUT2D eigenvalue weighted by atomic mass is 9.86. The Morgan fingerprint density at radius 2 is 1.62 bits per heavy atom. The fourth-order valence-electron chi connectivity index (χ4n) is 3.03. The van der Waals surface area contributed by atoms with E-state index in [0.717, 1.165) is 16.8 Å². The molecule has 0 unspecified atom stereocenters. The third-order valence-corrected chi connectivity index (χ3v) is 4.51. The number of anilines is 1. The van der Waals surface area contributed by atoms with Crippen LogP contribution in [0.15, 0.2) is 42.5 Å². The zero-order valence-electron chi connectivity index (χ0n) is 17.8. The Kier molecular flexibility index (Phi) is 7.65. The molecular weight excluding hydrogens is 368 g/mol. The molecule has 0 radical (unpaired) electrons. The highest BCUT2D eigenvalue weighted by Crippen LogP contribution is 2.29. The minimum absolute atomic E-state index is 0.106. The number of ether oxygens (including phenoxy) is 2. The molecular formula is C23H30N2O4. The largest absolute Gasteiger partial charge is 0.493 e. The maximum absolute atomic E-state index is 12.3. The summed E-state index contributed by atoms with van der Waals surface area (Å²) in [5.41, 5.74) is 2.67. The first-order chi connectivity index (χ1) is 13.7. The van der Waals surface area contributed by atoms with Gasteiger partial charge in [0.15, 0.2) is 11.5 Å². The monoisotopic (exact) mass is 398 g/mol. The number of benzene rings is 2. The van der Waals surface area contributed by atoms with E-state index >= 15 is 0 Å². The van der Waals surface area contributed by atoms with Crippen LogP contribution >= 0.6 is 0 Å². The van der Waals surface area contributed by atoms with Gasteiger partial charge in [0.05, 0.1) is 14.2 Å². The molecule has 0 bridgehead atoms. The number of carbonyl (C=O) groups excluding carboxylic acids is 2. The molecule has 0 atom stereocenters. The smallest absolute Gasteiger partial charge is 0.233 e. The quantitative estimate of drug-likeness (QED) is 0.665. The molecule has 29 heavy (non-hydrogen) atoms. The highest BCUT2D eigenvalue weighted by atomic mass is 16.5. The Morgan fingerprint density at radius 3 is 2.28 bits per heavy atom. The summed E-state index contributed by atoms with van der Waals surface area (Å²) in [6.07, 6.45) is 0.408. The van der Waals surface area contributed by atoms with Crippen molar-refractivity contribution < 1.29 is 19.1 Å². The van der Waals surface area contributed by atoms with Crippen LogP contribution in [-0.2, 0) is 21.4 Å². The minimum atomic E-state index is -0.328. The van der Waals surface area contributed by atoms with Gasteiger partial charge in [0.2, 0.25) is 11.8 Å². The zero-order chi connectivity index (χ0) is 21.4. The lowest BCUT2D eigenvalue weighted by Gasteiger charge is -2.22. The molecule has 2 aromatic rings. The number of amides is 2. The van der Waals surface area contributed by atoms with Crippen LogP contribution in [0, 0.1) is 0 Å². The molecule has 0 heterocycles. The van der Waals surface area contributed by atoms with Crippen molar-refractivity contribution in [2.24, 2.45) is 0 Å². The summed E-state index contributed by atoms with van der Waals surface area (Å²) in [6.45, 7) is 6.68. The molecule has 0 spiro atoms. The molecule has 0 aromatic heterocycles. The predicted octanol–water partition coefficient (Wildman–Crippen LogP) is 3.69. The number of para-hydroxylation sites is 1. The van der Waals surface area contributed by atoms with E-state index in [1.807, 2.05) is 42.5 Å². The van der Waals surface area contributed by atoms with Gasteiger partial charge in [0.1, 0.15) is 6.42 Å². The van der Waals surface area contributed by atoms with Crippen molar-refractivity contribution in [3.05, 3.63) is 53.6 Å². The van der Waals surface area contributed by atoms with Gasteiger partial charge in [-0.25, -0.2) is 0 Å². The first-order valence-corrected chi connectivity index (χ1v) is 9.61. The number of hydrogen-bond donors (Lipinski definition) is 2. The molecule has 0 aliphatic heterocycles. The molecule has 6 nitrogen and oxygen atoms in total. The van der Waals surface area contributed by atoms with Gasteiger partial charge in [0, 0.05) is 12.2 Å². The fraction of sp³-hybridized carbons (Fsp3) is 0.391. The maximum atomic E-state index is 12.3. The molecule has 2 amide bonds. The number of carbonyl (C=O) groups is 2. The fourth-order valence-corrected chi connectivity index (χ4v) is 3.03. The zero-order valence-corrected chi connectivity index (χ0v) is 17.8. The second kappa shape index (κ2) is 9.96. The normalized spacial score (nSPS) is 10.9. The highest BCUT2D eigenvalue weighted by Gasteiger charge is 2.19. The summed E-state index contributed by atoms with van der Waals surface area (Å²) in [5, 5.41) is 5.64. The molecule has 0 saturated carbocycles. The van der Waals surface area contributed by atoms with Crippen LogP contribution in [0.5, 0.6) is 11.5 Å². The molecule has 0 saturated heterocycles. The number of rotatable bonds is 8. The summed E-state index contributed by atoms with van der Waals surface area (Å²) >= 11 is 0. The van der Waals surface area contributed by atoms with Gasteiger partial charge < -0.3 is 20.1 Å². The van der Waals surface area contributed by atoms with Gasteiger partial charge in [-0.1, -0.05) is 45.0 Å². The first kappa shape index (κ1) is 22.3. The van der Waals surface area contributed by atoms with Crippen LogP contribution in [0.3, 0.4) is 0 Å². The summed E-state index contributed by atoms with van der Waals surface area (Å²) in [7, 11) is 3.17. The summed E-state index contributed by atoms with van der Waals surface area (Å²) in [5.74, 6) is 0.669. The summed E-state index contributed by atoms with van der Waals surface area (Å²) in [4.78, 5) is 24.4. The lowest BCUT2D eigenvalue weighted by molar-refractivity contribution is -0.126. The van der Waals surface area contributed by atoms with Crippen molar-refractivity contribution in [1.29, 1.82) is 0 Å². The van der Waals surface area contributed by atoms with Crippen molar-refractivity contribution in [3.63, 3.8) is 0 Å². The average Bonchev–Trinajstić information content (AvgIpc) is 2.67. The van der Waals surface area contributed by atoms with Gasteiger partial charge in [0.25, 0.3) is 0 Å². The second-order valence-corrected chi connectivity index (χ2v) is 7.81. The number of nitrogens with one attached hydrogen (secondary N) is 2. The van der Waals surface area contributed by atoms with Crippen LogP contribution < -0.4 is 20.1 Å². The predicted molar refractivity (Wildman–Crippen MR) is 115 cm³/mol. The van der Waals surface area contributed by atoms with Crippen LogP contribution in [-0.4, -0.2) is 32.6 Å². The van der Waals surface area contributed by atoms with E-state index in [-0.39, 0.29) is 23.7 Å². The molecule has 2 rings (SSSR count). The van der Waals surface area contributed by atoms with E-state index in [4.69, 9.17) is 9.47 Å². The van der Waals surface area contributed by atoms with Crippen LogP contribution in [0.4, 0.5) is 5.69 Å². The molecule has 156 valence electrons. The molecule has 0 aliphatic carbocycles. The van der Waals surface area contributed by atoms with E-state index in [1.54, 1.807) is 14.2 Å². The van der Waals surface area contributed by atoms with Crippen LogP contribution in [0.25, 0.3) is 0 Å². The van der Waals surface area contributed by atoms with E-state index in [9.17, 15) is 9.59 Å². The third kappa shape index (κ3) is 6.52. The lowest BCUT2D eigenvalue weighted by Crippen LogP contribution is -2.30. The number of methoxy groups -OCH3 is 2. The van der Waals surface area contributed by atoms with Crippen molar-refractivity contribution in [3.8, 4) is 11.5 Å².